The van der Waals surface area contributed by atoms with Gasteiger partial charge in [-0.15, -0.1) is 0 Å². The summed E-state index contributed by atoms with van der Waals surface area (Å²) in [6.45, 7) is 0. The molecular weight excluding hydrogens is 262 g/mol. The Morgan fingerprint density at radius 1 is 1.17 bits per heavy atom. The maximum absolute atomic E-state index is 11.2. The molecule has 0 saturated heterocycles. The van der Waals surface area contributed by atoms with E-state index in [0.29, 0.717) is 0 Å². The van der Waals surface area contributed by atoms with E-state index in [4.69, 9.17) is 15.4 Å². The molecular formula is C10H17NO6S. The number of aliphatic carboxylic acids is 2. The van der Waals surface area contributed by atoms with Crippen LogP contribution in [0.4, 0.5) is 0 Å². The predicted octanol–water partition coefficient (Wildman–Crippen LogP) is 0.569. The van der Waals surface area contributed by atoms with Crippen LogP contribution in [0.15, 0.2) is 0 Å². The van der Waals surface area contributed by atoms with Gasteiger partial charge in [0.2, 0.25) is 0 Å². The Morgan fingerprint density at radius 3 is 2.17 bits per heavy atom. The molecule has 0 aliphatic carbocycles. The van der Waals surface area contributed by atoms with E-state index in [1.807, 2.05) is 0 Å². The zero-order valence-electron chi connectivity index (χ0n) is 9.96. The number of hydrogen-bond donors (Lipinski definition) is 4. The van der Waals surface area contributed by atoms with Gasteiger partial charge in [0.05, 0.1) is 11.2 Å². The number of hydrogen-bond acceptors (Lipinski definition) is 5. The van der Waals surface area contributed by atoms with E-state index in [9.17, 15) is 14.4 Å². The van der Waals surface area contributed by atoms with E-state index in [2.05, 4.69) is 0 Å². The van der Waals surface area contributed by atoms with Crippen molar-refractivity contribution in [2.24, 2.45) is 5.92 Å². The van der Waals surface area contributed by atoms with Gasteiger partial charge in [-0.25, -0.2) is 5.48 Å². The highest BCUT2D eigenvalue weighted by Gasteiger charge is 2.23. The van der Waals surface area contributed by atoms with Gasteiger partial charge in [-0.2, -0.15) is 11.8 Å². The van der Waals surface area contributed by atoms with Crippen LogP contribution in [0, 0.1) is 5.92 Å². The largest absolute Gasteiger partial charge is 0.481 e. The molecule has 4 N–H and O–H groups in total. The molecule has 0 saturated carbocycles. The van der Waals surface area contributed by atoms with Gasteiger partial charge in [-0.3, -0.25) is 19.6 Å². The van der Waals surface area contributed by atoms with Crippen LogP contribution < -0.4 is 5.48 Å². The number of amides is 1. The highest BCUT2D eigenvalue weighted by molar-refractivity contribution is 7.99. The summed E-state index contributed by atoms with van der Waals surface area (Å²) in [5.74, 6) is -3.48. The fourth-order valence-electron chi connectivity index (χ4n) is 1.47. The molecule has 104 valence electrons. The second-order valence-corrected chi connectivity index (χ2v) is 4.79. The number of carbonyl (C=O) groups is 3. The number of rotatable bonds is 9. The van der Waals surface area contributed by atoms with Crippen molar-refractivity contribution in [3.63, 3.8) is 0 Å². The van der Waals surface area contributed by atoms with Crippen LogP contribution in [-0.4, -0.2) is 44.8 Å². The quantitative estimate of drug-likeness (QED) is 0.359. The lowest BCUT2D eigenvalue weighted by Crippen LogP contribution is -2.30. The second-order valence-electron chi connectivity index (χ2n) is 3.75. The highest BCUT2D eigenvalue weighted by Crippen LogP contribution is 2.20. The number of hydroxylamine groups is 1. The van der Waals surface area contributed by atoms with Gasteiger partial charge in [0.25, 0.3) is 5.91 Å². The molecule has 8 heteroatoms. The van der Waals surface area contributed by atoms with E-state index in [1.54, 1.807) is 6.26 Å². The molecule has 0 radical (unpaired) electrons. The summed E-state index contributed by atoms with van der Waals surface area (Å²) < 4.78 is 0. The number of carboxylic acid groups (broad SMARTS) is 2. The van der Waals surface area contributed by atoms with Crippen LogP contribution in [0.5, 0.6) is 0 Å². The van der Waals surface area contributed by atoms with E-state index in [0.717, 1.165) is 0 Å². The lowest BCUT2D eigenvalue weighted by Gasteiger charge is -2.15. The average Bonchev–Trinajstić information content (AvgIpc) is 2.32. The van der Waals surface area contributed by atoms with Crippen molar-refractivity contribution in [3.05, 3.63) is 0 Å². The first-order valence-electron chi connectivity index (χ1n) is 5.33. The lowest BCUT2D eigenvalue weighted by molar-refractivity contribution is -0.143. The molecule has 0 aliphatic heterocycles. The minimum absolute atomic E-state index is 0.0342. The van der Waals surface area contributed by atoms with Crippen molar-refractivity contribution >= 4 is 29.6 Å². The third-order valence-corrected chi connectivity index (χ3v) is 3.54. The third-order valence-electron chi connectivity index (χ3n) is 2.52. The molecule has 0 rings (SSSR count). The topological polar surface area (TPSA) is 124 Å². The summed E-state index contributed by atoms with van der Waals surface area (Å²) in [5.41, 5.74) is 1.52. The molecule has 2 unspecified atom stereocenters. The maximum atomic E-state index is 11.2. The number of carbonyl (C=O) groups excluding carboxylic acids is 1. The van der Waals surface area contributed by atoms with Crippen molar-refractivity contribution in [2.75, 3.05) is 6.26 Å². The van der Waals surface area contributed by atoms with Crippen LogP contribution in [0.3, 0.4) is 0 Å². The van der Waals surface area contributed by atoms with Crippen molar-refractivity contribution in [1.82, 2.24) is 5.48 Å². The van der Waals surface area contributed by atoms with Crippen LogP contribution >= 0.6 is 11.8 Å². The van der Waals surface area contributed by atoms with Crippen molar-refractivity contribution in [2.45, 2.75) is 30.9 Å². The van der Waals surface area contributed by atoms with Gasteiger partial charge in [0.1, 0.15) is 0 Å². The molecule has 18 heavy (non-hydrogen) atoms. The second kappa shape index (κ2) is 8.76. The Hall–Kier alpha value is -1.28. The average molecular weight is 279 g/mol. The zero-order chi connectivity index (χ0) is 14.1. The standard InChI is InChI=1S/C10H17NO6S/c1-18-7(9(14)11-17)4-2-6(10(15)16)3-5-8(12)13/h6-7,17H,2-5H2,1H3,(H,11,14)(H,12,13)(H,15,16). The van der Waals surface area contributed by atoms with Gasteiger partial charge in [-0.1, -0.05) is 0 Å². The molecule has 1 amide bonds. The zero-order valence-corrected chi connectivity index (χ0v) is 10.8. The lowest BCUT2D eigenvalue weighted by atomic mass is 9.96. The molecule has 0 aromatic rings. The summed E-state index contributed by atoms with van der Waals surface area (Å²) in [4.78, 5) is 32.5. The third kappa shape index (κ3) is 6.45. The first-order valence-corrected chi connectivity index (χ1v) is 6.62. The summed E-state index contributed by atoms with van der Waals surface area (Å²) in [6.07, 6.45) is 1.96. The minimum atomic E-state index is -1.07. The van der Waals surface area contributed by atoms with Gasteiger partial charge >= 0.3 is 11.9 Å². The van der Waals surface area contributed by atoms with E-state index in [1.165, 1.54) is 17.2 Å². The summed E-state index contributed by atoms with van der Waals surface area (Å²) >= 11 is 1.20. The summed E-state index contributed by atoms with van der Waals surface area (Å²) in [7, 11) is 0. The molecule has 0 aromatic carbocycles. The van der Waals surface area contributed by atoms with Gasteiger partial charge in [-0.05, 0) is 25.5 Å². The number of thioether (sulfide) groups is 1. The summed E-state index contributed by atoms with van der Waals surface area (Å²) in [6, 6.07) is 0. The van der Waals surface area contributed by atoms with Crippen molar-refractivity contribution in [1.29, 1.82) is 0 Å². The monoisotopic (exact) mass is 279 g/mol. The van der Waals surface area contributed by atoms with Crippen LogP contribution in [0.1, 0.15) is 25.7 Å². The first-order chi connectivity index (χ1) is 8.42. The Balaban J connectivity index is 4.28. The molecule has 0 aliphatic rings. The van der Waals surface area contributed by atoms with Gasteiger partial charge in [0.15, 0.2) is 0 Å². The van der Waals surface area contributed by atoms with Crippen molar-refractivity contribution in [3.8, 4) is 0 Å². The maximum Gasteiger partial charge on any atom is 0.306 e. The fourth-order valence-corrected chi connectivity index (χ4v) is 2.11. The van der Waals surface area contributed by atoms with Crippen LogP contribution in [0.2, 0.25) is 0 Å². The Morgan fingerprint density at radius 2 is 1.78 bits per heavy atom. The predicted molar refractivity (Wildman–Crippen MR) is 64.5 cm³/mol. The first kappa shape index (κ1) is 16.7. The molecule has 0 spiro atoms. The molecule has 0 heterocycles. The van der Waals surface area contributed by atoms with Crippen LogP contribution in [0.25, 0.3) is 0 Å². The van der Waals surface area contributed by atoms with Gasteiger partial charge in [0, 0.05) is 6.42 Å². The van der Waals surface area contributed by atoms with Gasteiger partial charge < -0.3 is 10.2 Å². The normalized spacial score (nSPS) is 13.7. The van der Waals surface area contributed by atoms with E-state index in [-0.39, 0.29) is 25.7 Å². The Kier molecular flexibility index (Phi) is 8.14. The van der Waals surface area contributed by atoms with E-state index < -0.39 is 29.0 Å². The van der Waals surface area contributed by atoms with Crippen molar-refractivity contribution < 1.29 is 29.8 Å². The molecule has 0 aromatic heterocycles. The van der Waals surface area contributed by atoms with Crippen LogP contribution in [-0.2, 0) is 14.4 Å². The number of carboxylic acids is 2. The Labute approximate surface area is 109 Å². The summed E-state index contributed by atoms with van der Waals surface area (Å²) in [5, 5.41) is 25.4. The molecule has 2 atom stereocenters. The van der Waals surface area contributed by atoms with E-state index >= 15 is 0 Å². The molecule has 7 nitrogen and oxygen atoms in total. The molecule has 0 bridgehead atoms. The smallest absolute Gasteiger partial charge is 0.306 e. The Bertz CT molecular complexity index is 309. The minimum Gasteiger partial charge on any atom is -0.481 e. The molecule has 0 fully saturated rings. The highest BCUT2D eigenvalue weighted by atomic mass is 32.2. The SMILES string of the molecule is CSC(CCC(CCC(=O)O)C(=O)O)C(=O)NO. The number of nitrogens with one attached hydrogen (secondary N) is 1. The fraction of sp³-hybridized carbons (Fsp3) is 0.700.